The van der Waals surface area contributed by atoms with Crippen LogP contribution >= 0.6 is 15.9 Å². The van der Waals surface area contributed by atoms with E-state index < -0.39 is 0 Å². The monoisotopic (exact) mass is 229 g/mol. The third kappa shape index (κ3) is 3.44. The van der Waals surface area contributed by atoms with Gasteiger partial charge in [0.05, 0.1) is 0 Å². The van der Waals surface area contributed by atoms with Gasteiger partial charge in [0.2, 0.25) is 0 Å². The summed E-state index contributed by atoms with van der Waals surface area (Å²) in [5, 5.41) is 0. The first-order chi connectivity index (χ1) is 5.83. The van der Waals surface area contributed by atoms with Crippen molar-refractivity contribution in [1.82, 2.24) is 4.57 Å². The van der Waals surface area contributed by atoms with Crippen LogP contribution < -0.4 is 0 Å². The number of rotatable bonds is 5. The Hall–Kier alpha value is -0.240. The molecule has 12 heavy (non-hydrogen) atoms. The van der Waals surface area contributed by atoms with E-state index in [9.17, 15) is 0 Å². The van der Waals surface area contributed by atoms with Gasteiger partial charge in [-0.25, -0.2) is 0 Å². The molecule has 1 heterocycles. The lowest BCUT2D eigenvalue weighted by Crippen LogP contribution is -1.93. The van der Waals surface area contributed by atoms with Crippen LogP contribution in [0, 0.1) is 0 Å². The van der Waals surface area contributed by atoms with Crippen molar-refractivity contribution >= 4 is 15.9 Å². The average Bonchev–Trinajstić information content (AvgIpc) is 2.45. The Balaban J connectivity index is 2.15. The van der Waals surface area contributed by atoms with E-state index in [-0.39, 0.29) is 0 Å². The summed E-state index contributed by atoms with van der Waals surface area (Å²) in [5.41, 5.74) is 0. The third-order valence-electron chi connectivity index (χ3n) is 1.98. The molecule has 0 saturated carbocycles. The first-order valence-electron chi connectivity index (χ1n) is 4.64. The second-order valence-corrected chi connectivity index (χ2v) is 4.04. The standard InChI is InChI=1S/C10H16BrN/c1-2-3-4-5-7-12-8-6-10(11)9-12/h6,8-9H,2-5,7H2,1H3. The summed E-state index contributed by atoms with van der Waals surface area (Å²) in [6.45, 7) is 3.40. The van der Waals surface area contributed by atoms with Gasteiger partial charge in [-0.1, -0.05) is 26.2 Å². The highest BCUT2D eigenvalue weighted by molar-refractivity contribution is 9.10. The minimum Gasteiger partial charge on any atom is -0.353 e. The van der Waals surface area contributed by atoms with Gasteiger partial charge in [-0.2, -0.15) is 0 Å². The fourth-order valence-corrected chi connectivity index (χ4v) is 1.65. The Morgan fingerprint density at radius 3 is 2.75 bits per heavy atom. The molecule has 0 bridgehead atoms. The zero-order valence-corrected chi connectivity index (χ0v) is 9.18. The molecule has 0 atom stereocenters. The highest BCUT2D eigenvalue weighted by Gasteiger charge is 1.92. The van der Waals surface area contributed by atoms with Gasteiger partial charge in [-0.3, -0.25) is 0 Å². The van der Waals surface area contributed by atoms with Gasteiger partial charge in [-0.05, 0) is 28.4 Å². The molecular formula is C10H16BrN. The highest BCUT2D eigenvalue weighted by Crippen LogP contribution is 2.10. The third-order valence-corrected chi connectivity index (χ3v) is 2.45. The predicted molar refractivity (Wildman–Crippen MR) is 56.3 cm³/mol. The molecule has 1 nitrogen and oxygen atoms in total. The fourth-order valence-electron chi connectivity index (χ4n) is 1.27. The van der Waals surface area contributed by atoms with E-state index in [1.807, 2.05) is 0 Å². The largest absolute Gasteiger partial charge is 0.353 e. The summed E-state index contributed by atoms with van der Waals surface area (Å²) < 4.78 is 3.41. The van der Waals surface area contributed by atoms with Crippen LogP contribution in [-0.2, 0) is 6.54 Å². The first-order valence-corrected chi connectivity index (χ1v) is 5.43. The maximum Gasteiger partial charge on any atom is 0.0351 e. The number of nitrogens with zero attached hydrogens (tertiary/aromatic N) is 1. The van der Waals surface area contributed by atoms with Crippen LogP contribution in [0.3, 0.4) is 0 Å². The van der Waals surface area contributed by atoms with Crippen molar-refractivity contribution in [3.63, 3.8) is 0 Å². The number of hydrogen-bond donors (Lipinski definition) is 0. The molecule has 1 rings (SSSR count). The molecule has 0 N–H and O–H groups in total. The molecule has 2 heteroatoms. The lowest BCUT2D eigenvalue weighted by atomic mass is 10.2. The van der Waals surface area contributed by atoms with Crippen LogP contribution in [-0.4, -0.2) is 4.57 Å². The molecule has 0 aromatic carbocycles. The Bertz CT molecular complexity index is 217. The molecular weight excluding hydrogens is 214 g/mol. The van der Waals surface area contributed by atoms with Gasteiger partial charge >= 0.3 is 0 Å². The van der Waals surface area contributed by atoms with Crippen LogP contribution in [0.4, 0.5) is 0 Å². The Kier molecular flexibility index (Phi) is 4.44. The molecule has 0 saturated heterocycles. The smallest absolute Gasteiger partial charge is 0.0351 e. The molecule has 0 radical (unpaired) electrons. The Morgan fingerprint density at radius 2 is 2.17 bits per heavy atom. The van der Waals surface area contributed by atoms with Crippen molar-refractivity contribution < 1.29 is 0 Å². The minimum absolute atomic E-state index is 1.16. The Labute approximate surface area is 82.9 Å². The molecule has 1 aromatic rings. The summed E-state index contributed by atoms with van der Waals surface area (Å²) in [5.74, 6) is 0. The quantitative estimate of drug-likeness (QED) is 0.677. The van der Waals surface area contributed by atoms with Crippen molar-refractivity contribution in [2.75, 3.05) is 0 Å². The zero-order valence-electron chi connectivity index (χ0n) is 7.59. The van der Waals surface area contributed by atoms with Gasteiger partial charge in [0, 0.05) is 23.4 Å². The van der Waals surface area contributed by atoms with Gasteiger partial charge in [0.25, 0.3) is 0 Å². The fraction of sp³-hybridized carbons (Fsp3) is 0.600. The van der Waals surface area contributed by atoms with Crippen LogP contribution in [0.5, 0.6) is 0 Å². The van der Waals surface area contributed by atoms with Crippen LogP contribution in [0.2, 0.25) is 0 Å². The average molecular weight is 230 g/mol. The zero-order chi connectivity index (χ0) is 8.81. The summed E-state index contributed by atoms with van der Waals surface area (Å²) in [7, 11) is 0. The number of aryl methyl sites for hydroxylation is 1. The lowest BCUT2D eigenvalue weighted by molar-refractivity contribution is 0.584. The van der Waals surface area contributed by atoms with Crippen molar-refractivity contribution in [2.45, 2.75) is 39.2 Å². The Morgan fingerprint density at radius 1 is 1.33 bits per heavy atom. The highest BCUT2D eigenvalue weighted by atomic mass is 79.9. The maximum atomic E-state index is 3.43. The number of hydrogen-bond acceptors (Lipinski definition) is 0. The molecule has 0 amide bonds. The maximum absolute atomic E-state index is 3.43. The van der Waals surface area contributed by atoms with Gasteiger partial charge in [0.1, 0.15) is 0 Å². The van der Waals surface area contributed by atoms with Crippen molar-refractivity contribution in [1.29, 1.82) is 0 Å². The predicted octanol–water partition coefficient (Wildman–Crippen LogP) is 3.83. The molecule has 0 aliphatic rings. The van der Waals surface area contributed by atoms with Crippen molar-refractivity contribution in [3.05, 3.63) is 22.9 Å². The van der Waals surface area contributed by atoms with Crippen molar-refractivity contribution in [2.24, 2.45) is 0 Å². The first kappa shape index (κ1) is 9.85. The summed E-state index contributed by atoms with van der Waals surface area (Å²) >= 11 is 3.43. The molecule has 0 aliphatic heterocycles. The molecule has 0 aliphatic carbocycles. The van der Waals surface area contributed by atoms with E-state index in [1.54, 1.807) is 0 Å². The lowest BCUT2D eigenvalue weighted by Gasteiger charge is -2.00. The van der Waals surface area contributed by atoms with Crippen molar-refractivity contribution in [3.8, 4) is 0 Å². The van der Waals surface area contributed by atoms with Crippen LogP contribution in [0.25, 0.3) is 0 Å². The second kappa shape index (κ2) is 5.41. The molecule has 0 spiro atoms. The van der Waals surface area contributed by atoms with E-state index in [0.29, 0.717) is 0 Å². The number of unbranched alkanes of at least 4 members (excludes halogenated alkanes) is 3. The minimum atomic E-state index is 1.16. The molecule has 0 fully saturated rings. The summed E-state index contributed by atoms with van der Waals surface area (Å²) in [4.78, 5) is 0. The van der Waals surface area contributed by atoms with Gasteiger partial charge in [-0.15, -0.1) is 0 Å². The number of halogens is 1. The molecule has 0 unspecified atom stereocenters. The van der Waals surface area contributed by atoms with Gasteiger partial charge in [0.15, 0.2) is 0 Å². The van der Waals surface area contributed by atoms with Crippen LogP contribution in [0.1, 0.15) is 32.6 Å². The molecule has 68 valence electrons. The topological polar surface area (TPSA) is 4.93 Å². The number of aromatic nitrogens is 1. The molecule has 1 aromatic heterocycles. The van der Waals surface area contributed by atoms with E-state index in [4.69, 9.17) is 0 Å². The SMILES string of the molecule is CCCCCCn1ccc(Br)c1. The summed E-state index contributed by atoms with van der Waals surface area (Å²) in [6, 6.07) is 2.08. The van der Waals surface area contributed by atoms with Gasteiger partial charge < -0.3 is 4.57 Å². The van der Waals surface area contributed by atoms with E-state index >= 15 is 0 Å². The van der Waals surface area contributed by atoms with E-state index in [2.05, 4.69) is 45.9 Å². The van der Waals surface area contributed by atoms with E-state index in [1.165, 1.54) is 30.2 Å². The second-order valence-electron chi connectivity index (χ2n) is 3.13. The van der Waals surface area contributed by atoms with Crippen LogP contribution in [0.15, 0.2) is 22.9 Å². The van der Waals surface area contributed by atoms with E-state index in [0.717, 1.165) is 6.54 Å². The normalized spacial score (nSPS) is 10.5. The summed E-state index contributed by atoms with van der Waals surface area (Å²) in [6.07, 6.45) is 9.58.